The molecule has 1 aromatic rings. The van der Waals surface area contributed by atoms with Gasteiger partial charge in [0.2, 0.25) is 5.91 Å². The molecule has 0 saturated carbocycles. The van der Waals surface area contributed by atoms with E-state index in [0.717, 1.165) is 0 Å². The summed E-state index contributed by atoms with van der Waals surface area (Å²) in [6, 6.07) is 4.37. The summed E-state index contributed by atoms with van der Waals surface area (Å²) in [6.45, 7) is 5.05. The molecule has 2 N–H and O–H groups in total. The number of nitro groups is 1. The zero-order chi connectivity index (χ0) is 16.9. The van der Waals surface area contributed by atoms with Gasteiger partial charge in [-0.3, -0.25) is 19.7 Å². The summed E-state index contributed by atoms with van der Waals surface area (Å²) in [7, 11) is 0. The van der Waals surface area contributed by atoms with Gasteiger partial charge in [-0.2, -0.15) is 0 Å². The van der Waals surface area contributed by atoms with Crippen LogP contribution in [0.15, 0.2) is 18.2 Å². The molecular weight excluding hydrogens is 288 g/mol. The predicted molar refractivity (Wildman–Crippen MR) is 81.7 cm³/mol. The summed E-state index contributed by atoms with van der Waals surface area (Å²) in [5.41, 5.74) is -0.423. The van der Waals surface area contributed by atoms with Gasteiger partial charge >= 0.3 is 5.97 Å². The Labute approximate surface area is 128 Å². The highest BCUT2D eigenvalue weighted by Gasteiger charge is 2.37. The lowest BCUT2D eigenvalue weighted by Gasteiger charge is -2.25. The highest BCUT2D eigenvalue weighted by molar-refractivity contribution is 5.94. The number of nitrogens with zero attached hydrogens (tertiary/aromatic N) is 1. The number of carboxylic acid groups (broad SMARTS) is 1. The number of rotatable bonds is 7. The van der Waals surface area contributed by atoms with Crippen LogP contribution < -0.4 is 5.32 Å². The van der Waals surface area contributed by atoms with E-state index in [1.54, 1.807) is 26.8 Å². The maximum Gasteiger partial charge on any atom is 0.310 e. The van der Waals surface area contributed by atoms with Crippen molar-refractivity contribution >= 4 is 23.3 Å². The average Bonchev–Trinajstić information content (AvgIpc) is 2.46. The minimum atomic E-state index is -1.11. The number of benzene rings is 1. The summed E-state index contributed by atoms with van der Waals surface area (Å²) in [5, 5.41) is 22.7. The van der Waals surface area contributed by atoms with Crippen LogP contribution in [0, 0.1) is 22.5 Å². The Bertz CT molecular complexity index is 594. The van der Waals surface area contributed by atoms with E-state index < -0.39 is 22.2 Å². The molecule has 22 heavy (non-hydrogen) atoms. The van der Waals surface area contributed by atoms with Crippen LogP contribution in [0.4, 0.5) is 11.4 Å². The molecule has 0 fully saturated rings. The van der Waals surface area contributed by atoms with E-state index in [2.05, 4.69) is 5.32 Å². The van der Waals surface area contributed by atoms with Crippen LogP contribution >= 0.6 is 0 Å². The van der Waals surface area contributed by atoms with Gasteiger partial charge in [0.05, 0.1) is 10.3 Å². The largest absolute Gasteiger partial charge is 0.481 e. The van der Waals surface area contributed by atoms with Crippen LogP contribution in [0.1, 0.15) is 38.7 Å². The number of hydrogen-bond acceptors (Lipinski definition) is 4. The summed E-state index contributed by atoms with van der Waals surface area (Å²) in [6.07, 6.45) is 0.498. The van der Waals surface area contributed by atoms with Gasteiger partial charge in [0.15, 0.2) is 0 Å². The van der Waals surface area contributed by atoms with Gasteiger partial charge < -0.3 is 10.4 Å². The second-order valence-electron chi connectivity index (χ2n) is 5.28. The van der Waals surface area contributed by atoms with E-state index in [9.17, 15) is 24.8 Å². The highest BCUT2D eigenvalue weighted by atomic mass is 16.6. The third-order valence-corrected chi connectivity index (χ3v) is 4.00. The standard InChI is InChI=1S/C15H20N2O5/c1-4-15(5-2,14(19)20)9-13(18)16-11-7-6-10(3)12(8-11)17(21)22/h6-8H,4-5,9H2,1-3H3,(H,16,18)(H,19,20). The molecule has 1 amide bonds. The second kappa shape index (κ2) is 7.02. The quantitative estimate of drug-likeness (QED) is 0.594. The predicted octanol–water partition coefficient (Wildman–Crippen LogP) is 3.12. The van der Waals surface area contributed by atoms with Crippen molar-refractivity contribution < 1.29 is 19.6 Å². The minimum absolute atomic E-state index is 0.0896. The van der Waals surface area contributed by atoms with E-state index in [4.69, 9.17) is 0 Å². The van der Waals surface area contributed by atoms with Crippen LogP contribution in [0.25, 0.3) is 0 Å². The monoisotopic (exact) mass is 308 g/mol. The minimum Gasteiger partial charge on any atom is -0.481 e. The Balaban J connectivity index is 2.91. The van der Waals surface area contributed by atoms with Crippen LogP contribution in [-0.4, -0.2) is 21.9 Å². The lowest BCUT2D eigenvalue weighted by Crippen LogP contribution is -2.34. The van der Waals surface area contributed by atoms with Crippen molar-refractivity contribution in [3.05, 3.63) is 33.9 Å². The van der Waals surface area contributed by atoms with Gasteiger partial charge in [0, 0.05) is 23.7 Å². The SMILES string of the molecule is CCC(CC)(CC(=O)Nc1ccc(C)c([N+](=O)[O-])c1)C(=O)O. The first-order chi connectivity index (χ1) is 10.3. The molecule has 0 saturated heterocycles. The molecule has 0 aromatic heterocycles. The number of anilines is 1. The number of aryl methyl sites for hydroxylation is 1. The van der Waals surface area contributed by atoms with E-state index in [1.165, 1.54) is 12.1 Å². The van der Waals surface area contributed by atoms with Crippen LogP contribution in [0.5, 0.6) is 0 Å². The van der Waals surface area contributed by atoms with Crippen molar-refractivity contribution in [2.45, 2.75) is 40.0 Å². The van der Waals surface area contributed by atoms with Crippen LogP contribution in [-0.2, 0) is 9.59 Å². The third kappa shape index (κ3) is 3.81. The normalized spacial score (nSPS) is 11.0. The van der Waals surface area contributed by atoms with E-state index in [1.807, 2.05) is 0 Å². The van der Waals surface area contributed by atoms with Crippen LogP contribution in [0.2, 0.25) is 0 Å². The number of amides is 1. The van der Waals surface area contributed by atoms with Crippen molar-refractivity contribution in [3.8, 4) is 0 Å². The lowest BCUT2D eigenvalue weighted by atomic mass is 9.79. The number of aliphatic carboxylic acids is 1. The Kier molecular flexibility index (Phi) is 5.62. The Hall–Kier alpha value is -2.44. The van der Waals surface area contributed by atoms with Gasteiger partial charge in [0.25, 0.3) is 5.69 Å². The van der Waals surface area contributed by atoms with Crippen molar-refractivity contribution in [2.24, 2.45) is 5.41 Å². The molecule has 0 spiro atoms. The molecule has 0 heterocycles. The first kappa shape index (κ1) is 17.6. The van der Waals surface area contributed by atoms with Crippen molar-refractivity contribution in [1.82, 2.24) is 0 Å². The van der Waals surface area contributed by atoms with Gasteiger partial charge in [-0.25, -0.2) is 0 Å². The Morgan fingerprint density at radius 2 is 1.91 bits per heavy atom. The van der Waals surface area contributed by atoms with E-state index in [0.29, 0.717) is 18.4 Å². The fourth-order valence-corrected chi connectivity index (χ4v) is 2.27. The molecule has 0 bridgehead atoms. The zero-order valence-corrected chi connectivity index (χ0v) is 12.9. The van der Waals surface area contributed by atoms with Crippen molar-refractivity contribution in [1.29, 1.82) is 0 Å². The number of carboxylic acids is 1. The van der Waals surface area contributed by atoms with Crippen molar-refractivity contribution in [3.63, 3.8) is 0 Å². The first-order valence-electron chi connectivity index (χ1n) is 7.04. The summed E-state index contributed by atoms with van der Waals surface area (Å²) in [4.78, 5) is 33.8. The zero-order valence-electron chi connectivity index (χ0n) is 12.9. The van der Waals surface area contributed by atoms with E-state index in [-0.39, 0.29) is 17.8 Å². The molecule has 0 aliphatic carbocycles. The Morgan fingerprint density at radius 3 is 2.36 bits per heavy atom. The number of nitrogens with one attached hydrogen (secondary N) is 1. The smallest absolute Gasteiger partial charge is 0.310 e. The summed E-state index contributed by atoms with van der Waals surface area (Å²) in [5.74, 6) is -1.48. The Morgan fingerprint density at radius 1 is 1.32 bits per heavy atom. The number of carbonyl (C=O) groups excluding carboxylic acids is 1. The molecule has 0 aliphatic rings. The molecule has 0 atom stereocenters. The molecule has 0 unspecified atom stereocenters. The highest BCUT2D eigenvalue weighted by Crippen LogP contribution is 2.31. The lowest BCUT2D eigenvalue weighted by molar-refractivity contribution is -0.385. The van der Waals surface area contributed by atoms with Gasteiger partial charge in [-0.1, -0.05) is 19.9 Å². The molecule has 7 heteroatoms. The number of hydrogen-bond donors (Lipinski definition) is 2. The topological polar surface area (TPSA) is 110 Å². The molecule has 0 radical (unpaired) electrons. The molecule has 0 aliphatic heterocycles. The second-order valence-corrected chi connectivity index (χ2v) is 5.28. The third-order valence-electron chi connectivity index (χ3n) is 4.00. The maximum atomic E-state index is 12.1. The molecule has 1 rings (SSSR count). The molecule has 120 valence electrons. The number of carbonyl (C=O) groups is 2. The average molecular weight is 308 g/mol. The fraction of sp³-hybridized carbons (Fsp3) is 0.467. The van der Waals surface area contributed by atoms with E-state index >= 15 is 0 Å². The number of nitro benzene ring substituents is 1. The first-order valence-corrected chi connectivity index (χ1v) is 7.04. The maximum absolute atomic E-state index is 12.1. The van der Waals surface area contributed by atoms with Crippen LogP contribution in [0.3, 0.4) is 0 Å². The molecule has 7 nitrogen and oxygen atoms in total. The molecular formula is C15H20N2O5. The summed E-state index contributed by atoms with van der Waals surface area (Å²) >= 11 is 0. The molecule has 1 aromatic carbocycles. The van der Waals surface area contributed by atoms with Gasteiger partial charge in [-0.15, -0.1) is 0 Å². The fourth-order valence-electron chi connectivity index (χ4n) is 2.27. The summed E-state index contributed by atoms with van der Waals surface area (Å²) < 4.78 is 0. The van der Waals surface area contributed by atoms with Gasteiger partial charge in [-0.05, 0) is 25.8 Å². The van der Waals surface area contributed by atoms with Crippen molar-refractivity contribution in [2.75, 3.05) is 5.32 Å². The van der Waals surface area contributed by atoms with Gasteiger partial charge in [0.1, 0.15) is 0 Å².